The average molecular weight is 265 g/mol. The van der Waals surface area contributed by atoms with Gasteiger partial charge in [-0.2, -0.15) is 0 Å². The maximum Gasteiger partial charge on any atom is 0.325 e. The molecule has 1 aliphatic heterocycles. The van der Waals surface area contributed by atoms with Gasteiger partial charge in [-0.1, -0.05) is 0 Å². The fourth-order valence-corrected chi connectivity index (χ4v) is 2.20. The minimum atomic E-state index is -0.411. The van der Waals surface area contributed by atoms with E-state index < -0.39 is 5.97 Å². The van der Waals surface area contributed by atoms with E-state index in [1.54, 1.807) is 18.7 Å². The number of hydrogen-bond donors (Lipinski definition) is 0. The fourth-order valence-electron chi connectivity index (χ4n) is 2.20. The van der Waals surface area contributed by atoms with Gasteiger partial charge in [-0.05, 0) is 27.7 Å². The first-order chi connectivity index (χ1) is 8.79. The number of esters is 1. The fraction of sp³-hybridized carbons (Fsp3) is 0.500. The standard InChI is InChI=1S/C14H19NO4/c1-8-12(10(3)16)6-13(11(4)17)9(2)15(8)7-14(18)19-5/h6-7H2,1-5H3. The maximum atomic E-state index is 11.7. The Morgan fingerprint density at radius 3 is 1.79 bits per heavy atom. The van der Waals surface area contributed by atoms with Crippen LogP contribution in [0.2, 0.25) is 0 Å². The van der Waals surface area contributed by atoms with Crippen LogP contribution >= 0.6 is 0 Å². The maximum absolute atomic E-state index is 11.7. The molecule has 0 saturated carbocycles. The van der Waals surface area contributed by atoms with Crippen LogP contribution in [0.5, 0.6) is 0 Å². The van der Waals surface area contributed by atoms with E-state index in [0.29, 0.717) is 29.0 Å². The first kappa shape index (κ1) is 15.1. The van der Waals surface area contributed by atoms with Gasteiger partial charge in [-0.3, -0.25) is 14.4 Å². The molecule has 0 aromatic carbocycles. The molecule has 104 valence electrons. The van der Waals surface area contributed by atoms with Gasteiger partial charge in [0.15, 0.2) is 11.6 Å². The van der Waals surface area contributed by atoms with E-state index in [2.05, 4.69) is 4.74 Å². The predicted molar refractivity (Wildman–Crippen MR) is 70.1 cm³/mol. The quantitative estimate of drug-likeness (QED) is 0.722. The molecule has 0 spiro atoms. The Hall–Kier alpha value is -1.91. The molecular weight excluding hydrogens is 246 g/mol. The van der Waals surface area contributed by atoms with Gasteiger partial charge in [0.1, 0.15) is 6.54 Å². The van der Waals surface area contributed by atoms with Gasteiger partial charge in [0.25, 0.3) is 0 Å². The summed E-state index contributed by atoms with van der Waals surface area (Å²) in [6, 6.07) is 0. The Kier molecular flexibility index (Phi) is 4.64. The van der Waals surface area contributed by atoms with E-state index in [1.807, 2.05) is 0 Å². The molecule has 0 amide bonds. The highest BCUT2D eigenvalue weighted by Crippen LogP contribution is 2.31. The Morgan fingerprint density at radius 2 is 1.47 bits per heavy atom. The zero-order valence-corrected chi connectivity index (χ0v) is 12.0. The summed E-state index contributed by atoms with van der Waals surface area (Å²) < 4.78 is 4.65. The summed E-state index contributed by atoms with van der Waals surface area (Å²) >= 11 is 0. The molecule has 19 heavy (non-hydrogen) atoms. The third-order valence-electron chi connectivity index (χ3n) is 3.40. The van der Waals surface area contributed by atoms with Crippen LogP contribution in [0.15, 0.2) is 22.5 Å². The van der Waals surface area contributed by atoms with Crippen molar-refractivity contribution in [3.63, 3.8) is 0 Å². The van der Waals surface area contributed by atoms with Crippen LogP contribution < -0.4 is 0 Å². The van der Waals surface area contributed by atoms with Crippen LogP contribution in [0.4, 0.5) is 0 Å². The number of carbonyl (C=O) groups excluding carboxylic acids is 3. The molecule has 0 aromatic rings. The van der Waals surface area contributed by atoms with Crippen molar-refractivity contribution in [1.82, 2.24) is 4.90 Å². The molecule has 0 atom stereocenters. The van der Waals surface area contributed by atoms with Crippen molar-refractivity contribution >= 4 is 17.5 Å². The molecule has 1 heterocycles. The Labute approximate surface area is 112 Å². The van der Waals surface area contributed by atoms with Crippen molar-refractivity contribution in [3.05, 3.63) is 22.5 Å². The highest BCUT2D eigenvalue weighted by atomic mass is 16.5. The highest BCUT2D eigenvalue weighted by molar-refractivity contribution is 6.00. The lowest BCUT2D eigenvalue weighted by Gasteiger charge is -2.32. The summed E-state index contributed by atoms with van der Waals surface area (Å²) in [6.45, 7) is 6.49. The van der Waals surface area contributed by atoms with Crippen LogP contribution in [0.1, 0.15) is 34.1 Å². The largest absolute Gasteiger partial charge is 0.468 e. The number of ketones is 2. The molecule has 0 saturated heterocycles. The van der Waals surface area contributed by atoms with Crippen LogP contribution in [0.3, 0.4) is 0 Å². The molecule has 5 nitrogen and oxygen atoms in total. The third-order valence-corrected chi connectivity index (χ3v) is 3.40. The zero-order chi connectivity index (χ0) is 14.7. The Balaban J connectivity index is 3.25. The summed E-state index contributed by atoms with van der Waals surface area (Å²) in [5.74, 6) is -0.580. The molecule has 0 N–H and O–H groups in total. The minimum absolute atomic E-state index is 0.00171. The van der Waals surface area contributed by atoms with Crippen molar-refractivity contribution in [3.8, 4) is 0 Å². The van der Waals surface area contributed by atoms with Gasteiger partial charge in [0.05, 0.1) is 7.11 Å². The molecule has 0 aromatic heterocycles. The number of ether oxygens (including phenoxy) is 1. The lowest BCUT2D eigenvalue weighted by Crippen LogP contribution is -2.33. The summed E-state index contributed by atoms with van der Waals surface area (Å²) in [5.41, 5.74) is 2.56. The van der Waals surface area contributed by atoms with Gasteiger partial charge in [0.2, 0.25) is 0 Å². The van der Waals surface area contributed by atoms with Gasteiger partial charge in [0, 0.05) is 29.0 Å². The summed E-state index contributed by atoms with van der Waals surface area (Å²) in [7, 11) is 1.31. The molecule has 0 fully saturated rings. The summed E-state index contributed by atoms with van der Waals surface area (Å²) in [6.07, 6.45) is 0.333. The topological polar surface area (TPSA) is 63.7 Å². The van der Waals surface area contributed by atoms with Crippen LogP contribution in [-0.2, 0) is 19.1 Å². The number of carbonyl (C=O) groups is 3. The van der Waals surface area contributed by atoms with Crippen molar-refractivity contribution in [1.29, 1.82) is 0 Å². The van der Waals surface area contributed by atoms with Crippen molar-refractivity contribution in [2.24, 2.45) is 0 Å². The van der Waals surface area contributed by atoms with E-state index in [0.717, 1.165) is 0 Å². The smallest absolute Gasteiger partial charge is 0.325 e. The Morgan fingerprint density at radius 1 is 1.05 bits per heavy atom. The molecule has 0 radical (unpaired) electrons. The van der Waals surface area contributed by atoms with Gasteiger partial charge in [-0.15, -0.1) is 0 Å². The molecule has 5 heteroatoms. The van der Waals surface area contributed by atoms with E-state index in [1.165, 1.54) is 21.0 Å². The van der Waals surface area contributed by atoms with Gasteiger partial charge >= 0.3 is 5.97 Å². The van der Waals surface area contributed by atoms with E-state index in [9.17, 15) is 14.4 Å². The first-order valence-electron chi connectivity index (χ1n) is 6.05. The first-order valence-corrected chi connectivity index (χ1v) is 6.05. The van der Waals surface area contributed by atoms with E-state index in [-0.39, 0.29) is 18.1 Å². The second-order valence-electron chi connectivity index (χ2n) is 4.58. The summed E-state index contributed by atoms with van der Waals surface area (Å²) in [5, 5.41) is 0. The second kappa shape index (κ2) is 5.82. The monoisotopic (exact) mass is 265 g/mol. The van der Waals surface area contributed by atoms with E-state index >= 15 is 0 Å². The molecule has 1 rings (SSSR count). The number of Topliss-reactive ketones (excluding diaryl/α,β-unsaturated/α-hetero) is 2. The van der Waals surface area contributed by atoms with Gasteiger partial charge in [-0.25, -0.2) is 0 Å². The van der Waals surface area contributed by atoms with Gasteiger partial charge < -0.3 is 9.64 Å². The van der Waals surface area contributed by atoms with Crippen LogP contribution in [0, 0.1) is 0 Å². The number of hydrogen-bond acceptors (Lipinski definition) is 5. The number of rotatable bonds is 4. The van der Waals surface area contributed by atoms with Crippen molar-refractivity contribution < 1.29 is 19.1 Å². The molecule has 0 bridgehead atoms. The van der Waals surface area contributed by atoms with Crippen LogP contribution in [-0.4, -0.2) is 36.1 Å². The lowest BCUT2D eigenvalue weighted by atomic mass is 9.92. The third kappa shape index (κ3) is 3.10. The SMILES string of the molecule is COC(=O)CN1C(C)=C(C(C)=O)CC(C(C)=O)=C1C. The lowest BCUT2D eigenvalue weighted by molar-refractivity contribution is -0.141. The highest BCUT2D eigenvalue weighted by Gasteiger charge is 2.27. The van der Waals surface area contributed by atoms with Crippen molar-refractivity contribution in [2.75, 3.05) is 13.7 Å². The van der Waals surface area contributed by atoms with Crippen LogP contribution in [0.25, 0.3) is 0 Å². The zero-order valence-electron chi connectivity index (χ0n) is 12.0. The van der Waals surface area contributed by atoms with E-state index in [4.69, 9.17) is 0 Å². The Bertz CT molecular complexity index is 464. The normalized spacial score (nSPS) is 15.7. The molecular formula is C14H19NO4. The number of allylic oxidation sites excluding steroid dienone is 4. The molecule has 0 unspecified atom stereocenters. The summed E-state index contributed by atoms with van der Waals surface area (Å²) in [4.78, 5) is 36.4. The van der Waals surface area contributed by atoms with Crippen molar-refractivity contribution in [2.45, 2.75) is 34.1 Å². The number of methoxy groups -OCH3 is 1. The molecule has 0 aliphatic carbocycles. The minimum Gasteiger partial charge on any atom is -0.468 e. The predicted octanol–water partition coefficient (Wildman–Crippen LogP) is 1.59. The number of nitrogens with zero attached hydrogens (tertiary/aromatic N) is 1. The average Bonchev–Trinajstić information content (AvgIpc) is 2.33. The second-order valence-corrected chi connectivity index (χ2v) is 4.58. The molecule has 1 aliphatic rings.